The standard InChI is InChI=1S/C19H20Cl2N2O2/c1-14(25-18-8-7-15(20)13-17(18)21)19(24)23-11-9-22(10-12-23)16-5-3-2-4-6-16/h2-8,13-14H,9-12H2,1H3/t14-/m0/s1. The monoisotopic (exact) mass is 378 g/mol. The molecule has 25 heavy (non-hydrogen) atoms. The molecule has 0 bridgehead atoms. The summed E-state index contributed by atoms with van der Waals surface area (Å²) in [5.41, 5.74) is 1.19. The number of anilines is 1. The van der Waals surface area contributed by atoms with Gasteiger partial charge in [0.15, 0.2) is 6.10 Å². The van der Waals surface area contributed by atoms with E-state index in [-0.39, 0.29) is 5.91 Å². The van der Waals surface area contributed by atoms with E-state index in [1.807, 2.05) is 23.1 Å². The summed E-state index contributed by atoms with van der Waals surface area (Å²) in [6, 6.07) is 15.2. The zero-order chi connectivity index (χ0) is 17.8. The van der Waals surface area contributed by atoms with Crippen molar-refractivity contribution in [2.45, 2.75) is 13.0 Å². The van der Waals surface area contributed by atoms with E-state index in [9.17, 15) is 4.79 Å². The van der Waals surface area contributed by atoms with Crippen LogP contribution in [0, 0.1) is 0 Å². The van der Waals surface area contributed by atoms with Crippen LogP contribution < -0.4 is 9.64 Å². The molecule has 0 unspecified atom stereocenters. The lowest BCUT2D eigenvalue weighted by molar-refractivity contribution is -0.138. The molecule has 0 spiro atoms. The Bertz CT molecular complexity index is 731. The normalized spacial score (nSPS) is 15.8. The first-order chi connectivity index (χ1) is 12.0. The first-order valence-corrected chi connectivity index (χ1v) is 9.00. The Labute approximate surface area is 157 Å². The lowest BCUT2D eigenvalue weighted by Gasteiger charge is -2.37. The molecule has 6 heteroatoms. The van der Waals surface area contributed by atoms with E-state index in [1.165, 1.54) is 5.69 Å². The summed E-state index contributed by atoms with van der Waals surface area (Å²) in [5, 5.41) is 0.939. The fourth-order valence-corrected chi connectivity index (χ4v) is 3.35. The van der Waals surface area contributed by atoms with Crippen LogP contribution in [-0.2, 0) is 4.79 Å². The van der Waals surface area contributed by atoms with Crippen LogP contribution in [0.3, 0.4) is 0 Å². The number of nitrogens with zero attached hydrogens (tertiary/aromatic N) is 2. The molecule has 4 nitrogen and oxygen atoms in total. The highest BCUT2D eigenvalue weighted by Crippen LogP contribution is 2.28. The summed E-state index contributed by atoms with van der Waals surface area (Å²) in [5.74, 6) is 0.438. The van der Waals surface area contributed by atoms with Gasteiger partial charge < -0.3 is 14.5 Å². The van der Waals surface area contributed by atoms with E-state index in [0.717, 1.165) is 13.1 Å². The van der Waals surface area contributed by atoms with E-state index >= 15 is 0 Å². The van der Waals surface area contributed by atoms with Crippen molar-refractivity contribution in [1.82, 2.24) is 4.90 Å². The average molecular weight is 379 g/mol. The molecule has 0 N–H and O–H groups in total. The first-order valence-electron chi connectivity index (χ1n) is 8.25. The van der Waals surface area contributed by atoms with Gasteiger partial charge in [-0.25, -0.2) is 0 Å². The number of carbonyl (C=O) groups is 1. The lowest BCUT2D eigenvalue weighted by Crippen LogP contribution is -2.52. The average Bonchev–Trinajstić information content (AvgIpc) is 2.64. The highest BCUT2D eigenvalue weighted by molar-refractivity contribution is 6.35. The quantitative estimate of drug-likeness (QED) is 0.802. The fourth-order valence-electron chi connectivity index (χ4n) is 2.89. The third-order valence-electron chi connectivity index (χ3n) is 4.26. The molecule has 0 aliphatic carbocycles. The van der Waals surface area contributed by atoms with Crippen molar-refractivity contribution in [3.05, 3.63) is 58.6 Å². The molecule has 1 heterocycles. The number of halogens is 2. The molecule has 1 aliphatic rings. The van der Waals surface area contributed by atoms with Crippen molar-refractivity contribution in [2.75, 3.05) is 31.1 Å². The third-order valence-corrected chi connectivity index (χ3v) is 4.79. The van der Waals surface area contributed by atoms with Crippen molar-refractivity contribution >= 4 is 34.8 Å². The smallest absolute Gasteiger partial charge is 0.263 e. The number of rotatable bonds is 4. The van der Waals surface area contributed by atoms with Crippen LogP contribution in [0.1, 0.15) is 6.92 Å². The highest BCUT2D eigenvalue weighted by Gasteiger charge is 2.26. The lowest BCUT2D eigenvalue weighted by atomic mass is 10.2. The zero-order valence-electron chi connectivity index (χ0n) is 14.0. The molecule has 0 radical (unpaired) electrons. The van der Waals surface area contributed by atoms with E-state index in [1.54, 1.807) is 25.1 Å². The topological polar surface area (TPSA) is 32.8 Å². The van der Waals surface area contributed by atoms with E-state index in [4.69, 9.17) is 27.9 Å². The third kappa shape index (κ3) is 4.39. The summed E-state index contributed by atoms with van der Waals surface area (Å²) < 4.78 is 5.73. The first kappa shape index (κ1) is 17.9. The van der Waals surface area contributed by atoms with Gasteiger partial charge in [-0.15, -0.1) is 0 Å². The van der Waals surface area contributed by atoms with Crippen LogP contribution >= 0.6 is 23.2 Å². The van der Waals surface area contributed by atoms with Gasteiger partial charge in [0.1, 0.15) is 5.75 Å². The number of hydrogen-bond donors (Lipinski definition) is 0. The van der Waals surface area contributed by atoms with Crippen LogP contribution in [0.25, 0.3) is 0 Å². The second kappa shape index (κ2) is 7.98. The summed E-state index contributed by atoms with van der Waals surface area (Å²) >= 11 is 12.0. The Balaban J connectivity index is 1.56. The molecule has 1 amide bonds. The van der Waals surface area contributed by atoms with Gasteiger partial charge in [0.25, 0.3) is 5.91 Å². The van der Waals surface area contributed by atoms with Crippen molar-refractivity contribution in [2.24, 2.45) is 0 Å². The number of benzene rings is 2. The predicted octanol–water partition coefficient (Wildman–Crippen LogP) is 4.11. The summed E-state index contributed by atoms with van der Waals surface area (Å²) in [7, 11) is 0. The Morgan fingerprint density at radius 2 is 1.72 bits per heavy atom. The number of carbonyl (C=O) groups excluding carboxylic acids is 1. The maximum atomic E-state index is 12.6. The minimum Gasteiger partial charge on any atom is -0.479 e. The maximum absolute atomic E-state index is 12.6. The molecule has 1 fully saturated rings. The number of hydrogen-bond acceptors (Lipinski definition) is 3. The predicted molar refractivity (Wildman–Crippen MR) is 102 cm³/mol. The van der Waals surface area contributed by atoms with Gasteiger partial charge >= 0.3 is 0 Å². The van der Waals surface area contributed by atoms with E-state index in [0.29, 0.717) is 28.9 Å². The second-order valence-corrected chi connectivity index (χ2v) is 6.83. The molecular formula is C19H20Cl2N2O2. The molecule has 1 atom stereocenters. The summed E-state index contributed by atoms with van der Waals surface area (Å²) in [4.78, 5) is 16.8. The Morgan fingerprint density at radius 1 is 1.04 bits per heavy atom. The van der Waals surface area contributed by atoms with Gasteiger partial charge in [0, 0.05) is 36.9 Å². The largest absolute Gasteiger partial charge is 0.479 e. The molecule has 0 saturated carbocycles. The molecule has 2 aromatic rings. The summed E-state index contributed by atoms with van der Waals surface area (Å²) in [6.45, 7) is 4.72. The second-order valence-electron chi connectivity index (χ2n) is 5.98. The number of ether oxygens (including phenoxy) is 1. The zero-order valence-corrected chi connectivity index (χ0v) is 15.5. The molecule has 1 saturated heterocycles. The van der Waals surface area contributed by atoms with Crippen molar-refractivity contribution in [3.8, 4) is 5.75 Å². The minimum absolute atomic E-state index is 0.0290. The van der Waals surface area contributed by atoms with E-state index in [2.05, 4.69) is 17.0 Å². The Kier molecular flexibility index (Phi) is 5.71. The summed E-state index contributed by atoms with van der Waals surface area (Å²) in [6.07, 6.45) is -0.595. The van der Waals surface area contributed by atoms with Crippen LogP contribution in [-0.4, -0.2) is 43.1 Å². The SMILES string of the molecule is C[C@H](Oc1ccc(Cl)cc1Cl)C(=O)N1CCN(c2ccccc2)CC1. The van der Waals surface area contributed by atoms with Crippen LogP contribution in [0.15, 0.2) is 48.5 Å². The number of piperazine rings is 1. The van der Waals surface area contributed by atoms with Crippen molar-refractivity contribution in [3.63, 3.8) is 0 Å². The van der Waals surface area contributed by atoms with Crippen LogP contribution in [0.2, 0.25) is 10.0 Å². The van der Waals surface area contributed by atoms with Gasteiger partial charge in [-0.05, 0) is 37.3 Å². The highest BCUT2D eigenvalue weighted by atomic mass is 35.5. The molecular weight excluding hydrogens is 359 g/mol. The molecule has 132 valence electrons. The maximum Gasteiger partial charge on any atom is 0.263 e. The molecule has 1 aliphatic heterocycles. The van der Waals surface area contributed by atoms with Gasteiger partial charge in [-0.2, -0.15) is 0 Å². The Hall–Kier alpha value is -1.91. The molecule has 3 rings (SSSR count). The minimum atomic E-state index is -0.595. The van der Waals surface area contributed by atoms with Crippen LogP contribution in [0.4, 0.5) is 5.69 Å². The van der Waals surface area contributed by atoms with Crippen LogP contribution in [0.5, 0.6) is 5.75 Å². The molecule has 2 aromatic carbocycles. The van der Waals surface area contributed by atoms with Gasteiger partial charge in [0.05, 0.1) is 5.02 Å². The van der Waals surface area contributed by atoms with Crippen molar-refractivity contribution in [1.29, 1.82) is 0 Å². The van der Waals surface area contributed by atoms with E-state index < -0.39 is 6.10 Å². The number of amides is 1. The molecule has 0 aromatic heterocycles. The number of para-hydroxylation sites is 1. The Morgan fingerprint density at radius 3 is 2.36 bits per heavy atom. The van der Waals surface area contributed by atoms with Gasteiger partial charge in [-0.3, -0.25) is 4.79 Å². The van der Waals surface area contributed by atoms with Gasteiger partial charge in [0.2, 0.25) is 0 Å². The van der Waals surface area contributed by atoms with Gasteiger partial charge in [-0.1, -0.05) is 41.4 Å². The fraction of sp³-hybridized carbons (Fsp3) is 0.316. The van der Waals surface area contributed by atoms with Crippen molar-refractivity contribution < 1.29 is 9.53 Å².